The summed E-state index contributed by atoms with van der Waals surface area (Å²) >= 11 is 1.31. The molecule has 0 unspecified atom stereocenters. The minimum absolute atomic E-state index is 0.227. The first kappa shape index (κ1) is 15.3. The van der Waals surface area contributed by atoms with Gasteiger partial charge >= 0.3 is 0 Å². The van der Waals surface area contributed by atoms with Gasteiger partial charge in [0.25, 0.3) is 5.91 Å². The summed E-state index contributed by atoms with van der Waals surface area (Å²) in [5, 5.41) is 8.03. The zero-order valence-corrected chi connectivity index (χ0v) is 13.7. The highest BCUT2D eigenvalue weighted by atomic mass is 32.1. The predicted octanol–water partition coefficient (Wildman–Crippen LogP) is 2.34. The van der Waals surface area contributed by atoms with Crippen molar-refractivity contribution in [3.05, 3.63) is 53.3 Å². The van der Waals surface area contributed by atoms with E-state index in [-0.39, 0.29) is 12.7 Å². The van der Waals surface area contributed by atoms with Gasteiger partial charge in [-0.05, 0) is 23.8 Å². The van der Waals surface area contributed by atoms with E-state index in [1.54, 1.807) is 23.8 Å². The number of amides is 1. The Balaban J connectivity index is 1.37. The van der Waals surface area contributed by atoms with Crippen LogP contribution in [-0.4, -0.2) is 27.7 Å². The van der Waals surface area contributed by atoms with Gasteiger partial charge in [0, 0.05) is 24.3 Å². The molecule has 0 bridgehead atoms. The van der Waals surface area contributed by atoms with Gasteiger partial charge in [-0.3, -0.25) is 4.79 Å². The van der Waals surface area contributed by atoms with Crippen molar-refractivity contribution >= 4 is 28.3 Å². The second-order valence-corrected chi connectivity index (χ2v) is 5.96. The highest BCUT2D eigenvalue weighted by Crippen LogP contribution is 2.32. The average Bonchev–Trinajstić information content (AvgIpc) is 3.29. The molecule has 126 valence electrons. The Labute approximate surface area is 146 Å². The van der Waals surface area contributed by atoms with Crippen LogP contribution in [0.15, 0.2) is 42.0 Å². The van der Waals surface area contributed by atoms with E-state index in [0.717, 1.165) is 5.56 Å². The lowest BCUT2D eigenvalue weighted by molar-refractivity contribution is 0.0946. The van der Waals surface area contributed by atoms with E-state index in [0.29, 0.717) is 34.8 Å². The number of carbonyl (C=O) groups excluding carboxylic acids is 1. The first-order valence-electron chi connectivity index (χ1n) is 7.44. The molecule has 0 aliphatic carbocycles. The molecular formula is C16H13N5O3S. The third-order valence-electron chi connectivity index (χ3n) is 3.41. The minimum atomic E-state index is -0.254. The van der Waals surface area contributed by atoms with Gasteiger partial charge in [-0.1, -0.05) is 6.07 Å². The Hall–Kier alpha value is -3.20. The van der Waals surface area contributed by atoms with E-state index in [9.17, 15) is 4.79 Å². The number of nitrogens with one attached hydrogen (secondary N) is 2. The van der Waals surface area contributed by atoms with E-state index < -0.39 is 0 Å². The van der Waals surface area contributed by atoms with Crippen LogP contribution in [0.1, 0.15) is 16.1 Å². The Morgan fingerprint density at radius 1 is 1.20 bits per heavy atom. The molecule has 0 saturated heterocycles. The van der Waals surface area contributed by atoms with Gasteiger partial charge in [0.1, 0.15) is 5.69 Å². The number of anilines is 2. The smallest absolute Gasteiger partial charge is 0.271 e. The number of rotatable bonds is 5. The Morgan fingerprint density at radius 3 is 2.92 bits per heavy atom. The Bertz CT molecular complexity index is 900. The van der Waals surface area contributed by atoms with Crippen LogP contribution in [0.4, 0.5) is 11.1 Å². The molecule has 2 N–H and O–H groups in total. The van der Waals surface area contributed by atoms with E-state index >= 15 is 0 Å². The van der Waals surface area contributed by atoms with Crippen LogP contribution in [0, 0.1) is 0 Å². The van der Waals surface area contributed by atoms with Crippen LogP contribution >= 0.6 is 11.3 Å². The molecule has 2 aromatic heterocycles. The first-order valence-corrected chi connectivity index (χ1v) is 8.32. The molecule has 1 aromatic carbocycles. The normalized spacial score (nSPS) is 12.0. The molecule has 1 aliphatic heterocycles. The average molecular weight is 355 g/mol. The fraction of sp³-hybridized carbons (Fsp3) is 0.125. The van der Waals surface area contributed by atoms with Gasteiger partial charge in [0.05, 0.1) is 0 Å². The second-order valence-electron chi connectivity index (χ2n) is 5.11. The van der Waals surface area contributed by atoms with Crippen molar-refractivity contribution in [3.63, 3.8) is 0 Å². The number of hydrogen-bond acceptors (Lipinski definition) is 8. The zero-order valence-electron chi connectivity index (χ0n) is 12.9. The fourth-order valence-electron chi connectivity index (χ4n) is 2.22. The van der Waals surface area contributed by atoms with Crippen molar-refractivity contribution in [2.24, 2.45) is 0 Å². The van der Waals surface area contributed by atoms with Crippen LogP contribution in [0.2, 0.25) is 0 Å². The summed E-state index contributed by atoms with van der Waals surface area (Å²) in [7, 11) is 0. The maximum Gasteiger partial charge on any atom is 0.271 e. The number of aromatic nitrogens is 3. The Morgan fingerprint density at radius 2 is 2.04 bits per heavy atom. The molecule has 0 radical (unpaired) electrons. The standard InChI is InChI=1S/C16H13N5O3S/c22-14(19-7-10-2-3-12-13(6-10)24-9-23-12)11-8-25-16(20-11)21-15-17-4-1-5-18-15/h1-6,8H,7,9H2,(H,19,22)(H,17,18,20,21). The van der Waals surface area contributed by atoms with Gasteiger partial charge < -0.3 is 20.1 Å². The maximum absolute atomic E-state index is 12.2. The lowest BCUT2D eigenvalue weighted by Crippen LogP contribution is -2.23. The molecule has 4 rings (SSSR count). The van der Waals surface area contributed by atoms with Crippen LogP contribution in [-0.2, 0) is 6.54 Å². The molecule has 0 atom stereocenters. The van der Waals surface area contributed by atoms with Crippen molar-refractivity contribution in [2.45, 2.75) is 6.54 Å². The number of nitrogens with zero attached hydrogens (tertiary/aromatic N) is 3. The number of fused-ring (bicyclic) bond motifs is 1. The summed E-state index contributed by atoms with van der Waals surface area (Å²) < 4.78 is 10.6. The summed E-state index contributed by atoms with van der Waals surface area (Å²) in [4.78, 5) is 24.6. The topological polar surface area (TPSA) is 98.3 Å². The highest BCUT2D eigenvalue weighted by molar-refractivity contribution is 7.14. The van der Waals surface area contributed by atoms with Gasteiger partial charge in [-0.2, -0.15) is 0 Å². The van der Waals surface area contributed by atoms with Crippen molar-refractivity contribution in [1.29, 1.82) is 0 Å². The zero-order chi connectivity index (χ0) is 17.1. The predicted molar refractivity (Wildman–Crippen MR) is 91.2 cm³/mol. The molecule has 0 fully saturated rings. The van der Waals surface area contributed by atoms with Crippen molar-refractivity contribution in [2.75, 3.05) is 12.1 Å². The molecule has 0 spiro atoms. The van der Waals surface area contributed by atoms with E-state index in [1.165, 1.54) is 11.3 Å². The van der Waals surface area contributed by atoms with E-state index in [1.807, 2.05) is 18.2 Å². The lowest BCUT2D eigenvalue weighted by Gasteiger charge is -2.04. The molecule has 9 heteroatoms. The van der Waals surface area contributed by atoms with E-state index in [2.05, 4.69) is 25.6 Å². The van der Waals surface area contributed by atoms with Crippen molar-refractivity contribution in [3.8, 4) is 11.5 Å². The van der Waals surface area contributed by atoms with Gasteiger partial charge in [0.2, 0.25) is 12.7 Å². The molecule has 25 heavy (non-hydrogen) atoms. The molecule has 8 nitrogen and oxygen atoms in total. The summed E-state index contributed by atoms with van der Waals surface area (Å²) in [6.45, 7) is 0.600. The molecule has 3 heterocycles. The second kappa shape index (κ2) is 6.73. The minimum Gasteiger partial charge on any atom is -0.454 e. The number of ether oxygens (including phenoxy) is 2. The largest absolute Gasteiger partial charge is 0.454 e. The van der Waals surface area contributed by atoms with Crippen LogP contribution in [0.3, 0.4) is 0 Å². The summed E-state index contributed by atoms with van der Waals surface area (Å²) in [6.07, 6.45) is 3.25. The molecule has 1 amide bonds. The SMILES string of the molecule is O=C(NCc1ccc2c(c1)OCO2)c1csc(Nc2ncccn2)n1. The quantitative estimate of drug-likeness (QED) is 0.725. The monoisotopic (exact) mass is 355 g/mol. The number of carbonyl (C=O) groups is 1. The summed E-state index contributed by atoms with van der Waals surface area (Å²) in [6, 6.07) is 7.29. The lowest BCUT2D eigenvalue weighted by atomic mass is 10.2. The Kier molecular flexibility index (Phi) is 4.13. The highest BCUT2D eigenvalue weighted by Gasteiger charge is 2.15. The van der Waals surface area contributed by atoms with Gasteiger partial charge in [-0.25, -0.2) is 15.0 Å². The van der Waals surface area contributed by atoms with E-state index in [4.69, 9.17) is 9.47 Å². The van der Waals surface area contributed by atoms with Gasteiger partial charge in [0.15, 0.2) is 16.6 Å². The molecule has 1 aliphatic rings. The van der Waals surface area contributed by atoms with Crippen molar-refractivity contribution < 1.29 is 14.3 Å². The number of benzene rings is 1. The first-order chi connectivity index (χ1) is 12.3. The summed E-state index contributed by atoms with van der Waals surface area (Å²) in [5.74, 6) is 1.59. The molecular weight excluding hydrogens is 342 g/mol. The van der Waals surface area contributed by atoms with Crippen LogP contribution in [0.25, 0.3) is 0 Å². The third-order valence-corrected chi connectivity index (χ3v) is 4.17. The third kappa shape index (κ3) is 3.50. The number of thiazole rings is 1. The molecule has 0 saturated carbocycles. The maximum atomic E-state index is 12.2. The molecule has 3 aromatic rings. The fourth-order valence-corrected chi connectivity index (χ4v) is 2.90. The van der Waals surface area contributed by atoms with Crippen LogP contribution in [0.5, 0.6) is 11.5 Å². The van der Waals surface area contributed by atoms with Gasteiger partial charge in [-0.15, -0.1) is 11.3 Å². The number of hydrogen-bond donors (Lipinski definition) is 2. The van der Waals surface area contributed by atoms with Crippen LogP contribution < -0.4 is 20.1 Å². The van der Waals surface area contributed by atoms with Crippen molar-refractivity contribution in [1.82, 2.24) is 20.3 Å². The summed E-state index contributed by atoms with van der Waals surface area (Å²) in [5.41, 5.74) is 1.26.